The fourth-order valence-corrected chi connectivity index (χ4v) is 4.12. The molecule has 2 saturated heterocycles. The van der Waals surface area contributed by atoms with Gasteiger partial charge in [0.15, 0.2) is 0 Å². The molecule has 4 heteroatoms. The van der Waals surface area contributed by atoms with Crippen LogP contribution in [0.5, 0.6) is 0 Å². The second-order valence-electron chi connectivity index (χ2n) is 6.77. The van der Waals surface area contributed by atoms with Crippen molar-refractivity contribution in [3.8, 4) is 0 Å². The fraction of sp³-hybridized carbons (Fsp3) is 0.933. The number of amides is 1. The Kier molecular flexibility index (Phi) is 3.81. The number of hydrogen-bond donors (Lipinski definition) is 1. The quantitative estimate of drug-likeness (QED) is 0.771. The molecule has 0 aromatic carbocycles. The first-order valence-electron chi connectivity index (χ1n) is 7.93. The van der Waals surface area contributed by atoms with Crippen LogP contribution < -0.4 is 5.73 Å². The SMILES string of the molecule is CC1CCC(N)CC1C(=O)N1CCN2CCCC2C1. The van der Waals surface area contributed by atoms with Crippen molar-refractivity contribution in [2.24, 2.45) is 17.6 Å². The molecule has 4 atom stereocenters. The summed E-state index contributed by atoms with van der Waals surface area (Å²) >= 11 is 0. The Bertz CT molecular complexity index is 346. The molecule has 1 amide bonds. The smallest absolute Gasteiger partial charge is 0.226 e. The third-order valence-electron chi connectivity index (χ3n) is 5.45. The zero-order valence-electron chi connectivity index (χ0n) is 12.1. The molecule has 108 valence electrons. The van der Waals surface area contributed by atoms with Crippen LogP contribution in [0.25, 0.3) is 0 Å². The molecule has 0 radical (unpaired) electrons. The summed E-state index contributed by atoms with van der Waals surface area (Å²) in [5.74, 6) is 1.07. The van der Waals surface area contributed by atoms with Crippen LogP contribution in [-0.2, 0) is 4.79 Å². The Hall–Kier alpha value is -0.610. The van der Waals surface area contributed by atoms with Crippen LogP contribution in [0.15, 0.2) is 0 Å². The maximum absolute atomic E-state index is 12.7. The molecule has 2 heterocycles. The van der Waals surface area contributed by atoms with Gasteiger partial charge in [-0.05, 0) is 44.6 Å². The molecule has 3 fully saturated rings. The van der Waals surface area contributed by atoms with Gasteiger partial charge in [0.2, 0.25) is 5.91 Å². The van der Waals surface area contributed by atoms with Crippen LogP contribution in [0.4, 0.5) is 0 Å². The normalized spacial score (nSPS) is 40.2. The zero-order valence-corrected chi connectivity index (χ0v) is 12.1. The van der Waals surface area contributed by atoms with Crippen molar-refractivity contribution >= 4 is 5.91 Å². The molecule has 1 saturated carbocycles. The Morgan fingerprint density at radius 2 is 2.00 bits per heavy atom. The van der Waals surface area contributed by atoms with E-state index in [-0.39, 0.29) is 12.0 Å². The molecule has 19 heavy (non-hydrogen) atoms. The third kappa shape index (κ3) is 2.65. The van der Waals surface area contributed by atoms with E-state index in [1.165, 1.54) is 19.4 Å². The van der Waals surface area contributed by atoms with Gasteiger partial charge in [0.05, 0.1) is 0 Å². The van der Waals surface area contributed by atoms with E-state index in [2.05, 4.69) is 16.7 Å². The molecule has 0 aromatic rings. The monoisotopic (exact) mass is 265 g/mol. The number of nitrogens with two attached hydrogens (primary N) is 1. The summed E-state index contributed by atoms with van der Waals surface area (Å²) in [7, 11) is 0. The largest absolute Gasteiger partial charge is 0.340 e. The van der Waals surface area contributed by atoms with Crippen LogP contribution in [0.1, 0.15) is 39.0 Å². The summed E-state index contributed by atoms with van der Waals surface area (Å²) in [6, 6.07) is 0.864. The predicted octanol–water partition coefficient (Wildman–Crippen LogP) is 1.06. The fourth-order valence-electron chi connectivity index (χ4n) is 4.12. The van der Waals surface area contributed by atoms with E-state index < -0.39 is 0 Å². The lowest BCUT2D eigenvalue weighted by atomic mass is 9.77. The number of carbonyl (C=O) groups is 1. The molecular weight excluding hydrogens is 238 g/mol. The van der Waals surface area contributed by atoms with Gasteiger partial charge in [-0.1, -0.05) is 6.92 Å². The standard InChI is InChI=1S/C15H27N3O/c1-11-4-5-12(16)9-14(11)15(19)18-8-7-17-6-2-3-13(17)10-18/h11-14H,2-10,16H2,1H3. The lowest BCUT2D eigenvalue weighted by Crippen LogP contribution is -2.54. The summed E-state index contributed by atoms with van der Waals surface area (Å²) in [6.07, 6.45) is 5.66. The molecule has 2 aliphatic heterocycles. The third-order valence-corrected chi connectivity index (χ3v) is 5.45. The van der Waals surface area contributed by atoms with Gasteiger partial charge in [-0.15, -0.1) is 0 Å². The van der Waals surface area contributed by atoms with Crippen molar-refractivity contribution in [1.82, 2.24) is 9.80 Å². The van der Waals surface area contributed by atoms with E-state index in [1.54, 1.807) is 0 Å². The minimum Gasteiger partial charge on any atom is -0.340 e. The van der Waals surface area contributed by atoms with Crippen molar-refractivity contribution in [2.75, 3.05) is 26.2 Å². The van der Waals surface area contributed by atoms with Crippen molar-refractivity contribution in [2.45, 2.75) is 51.1 Å². The Morgan fingerprint density at radius 3 is 2.84 bits per heavy atom. The second kappa shape index (κ2) is 5.41. The minimum atomic E-state index is 0.178. The van der Waals surface area contributed by atoms with E-state index in [4.69, 9.17) is 5.73 Å². The molecule has 4 unspecified atom stereocenters. The van der Waals surface area contributed by atoms with Crippen LogP contribution in [0, 0.1) is 11.8 Å². The summed E-state index contributed by atoms with van der Waals surface area (Å²) in [5, 5.41) is 0. The van der Waals surface area contributed by atoms with Crippen LogP contribution in [0.3, 0.4) is 0 Å². The molecule has 4 nitrogen and oxygen atoms in total. The summed E-state index contributed by atoms with van der Waals surface area (Å²) in [5.41, 5.74) is 6.06. The van der Waals surface area contributed by atoms with Gasteiger partial charge in [-0.2, -0.15) is 0 Å². The van der Waals surface area contributed by atoms with Crippen LogP contribution in [-0.4, -0.2) is 54.0 Å². The van der Waals surface area contributed by atoms with E-state index >= 15 is 0 Å². The lowest BCUT2D eigenvalue weighted by Gasteiger charge is -2.41. The average Bonchev–Trinajstić information content (AvgIpc) is 2.88. The Morgan fingerprint density at radius 1 is 1.16 bits per heavy atom. The Labute approximate surface area is 116 Å². The van der Waals surface area contributed by atoms with Gasteiger partial charge in [-0.3, -0.25) is 9.69 Å². The minimum absolute atomic E-state index is 0.178. The predicted molar refractivity (Wildman–Crippen MR) is 75.7 cm³/mol. The molecule has 0 aromatic heterocycles. The van der Waals surface area contributed by atoms with Gasteiger partial charge >= 0.3 is 0 Å². The number of rotatable bonds is 1. The maximum atomic E-state index is 12.7. The number of piperazine rings is 1. The van der Waals surface area contributed by atoms with Crippen molar-refractivity contribution < 1.29 is 4.79 Å². The molecular formula is C15H27N3O. The Balaban J connectivity index is 1.63. The molecule has 2 N–H and O–H groups in total. The first-order chi connectivity index (χ1) is 9.15. The second-order valence-corrected chi connectivity index (χ2v) is 6.77. The van der Waals surface area contributed by atoms with E-state index in [9.17, 15) is 4.79 Å². The van der Waals surface area contributed by atoms with Crippen molar-refractivity contribution in [3.63, 3.8) is 0 Å². The van der Waals surface area contributed by atoms with Gasteiger partial charge in [0.25, 0.3) is 0 Å². The first-order valence-corrected chi connectivity index (χ1v) is 7.93. The van der Waals surface area contributed by atoms with Crippen molar-refractivity contribution in [1.29, 1.82) is 0 Å². The van der Waals surface area contributed by atoms with Gasteiger partial charge in [0, 0.05) is 37.6 Å². The first kappa shape index (κ1) is 13.4. The molecule has 3 aliphatic rings. The van der Waals surface area contributed by atoms with Gasteiger partial charge in [-0.25, -0.2) is 0 Å². The summed E-state index contributed by atoms with van der Waals surface area (Å²) in [6.45, 7) is 6.41. The summed E-state index contributed by atoms with van der Waals surface area (Å²) < 4.78 is 0. The van der Waals surface area contributed by atoms with Gasteiger partial charge in [0.1, 0.15) is 0 Å². The number of carbonyl (C=O) groups excluding carboxylic acids is 1. The number of hydrogen-bond acceptors (Lipinski definition) is 3. The highest BCUT2D eigenvalue weighted by atomic mass is 16.2. The summed E-state index contributed by atoms with van der Waals surface area (Å²) in [4.78, 5) is 17.4. The number of nitrogens with zero attached hydrogens (tertiary/aromatic N) is 2. The average molecular weight is 265 g/mol. The number of fused-ring (bicyclic) bond motifs is 1. The van der Waals surface area contributed by atoms with E-state index in [0.29, 0.717) is 17.9 Å². The highest BCUT2D eigenvalue weighted by Gasteiger charge is 2.38. The topological polar surface area (TPSA) is 49.6 Å². The molecule has 0 spiro atoms. The van der Waals surface area contributed by atoms with E-state index in [0.717, 1.165) is 38.9 Å². The highest BCUT2D eigenvalue weighted by molar-refractivity contribution is 5.79. The van der Waals surface area contributed by atoms with Crippen molar-refractivity contribution in [3.05, 3.63) is 0 Å². The van der Waals surface area contributed by atoms with E-state index in [1.807, 2.05) is 0 Å². The molecule has 0 bridgehead atoms. The van der Waals surface area contributed by atoms with Crippen LogP contribution >= 0.6 is 0 Å². The van der Waals surface area contributed by atoms with Crippen LogP contribution in [0.2, 0.25) is 0 Å². The maximum Gasteiger partial charge on any atom is 0.226 e. The zero-order chi connectivity index (χ0) is 13.4. The molecule has 3 rings (SSSR count). The lowest BCUT2D eigenvalue weighted by molar-refractivity contribution is -0.141. The van der Waals surface area contributed by atoms with Gasteiger partial charge < -0.3 is 10.6 Å². The molecule has 1 aliphatic carbocycles. The highest BCUT2D eigenvalue weighted by Crippen LogP contribution is 2.32.